The third-order valence-corrected chi connectivity index (χ3v) is 5.80. The van der Waals surface area contributed by atoms with Crippen LogP contribution in [-0.4, -0.2) is 28.9 Å². The first kappa shape index (κ1) is 15.5. The Balaban J connectivity index is 1.70. The number of rotatable bonds is 2. The Hall–Kier alpha value is -2.07. The van der Waals surface area contributed by atoms with Crippen molar-refractivity contribution in [1.29, 1.82) is 0 Å². The summed E-state index contributed by atoms with van der Waals surface area (Å²) in [5, 5.41) is 10.5. The van der Waals surface area contributed by atoms with Gasteiger partial charge in [-0.25, -0.2) is 0 Å². The van der Waals surface area contributed by atoms with Crippen LogP contribution in [0.15, 0.2) is 70.9 Å². The SMILES string of the molecule is c1ccc(C2=NN=C(N3CCCCC3)SC2c2ccccc2)cc1. The van der Waals surface area contributed by atoms with Gasteiger partial charge in [0.2, 0.25) is 0 Å². The van der Waals surface area contributed by atoms with Gasteiger partial charge in [0.1, 0.15) is 0 Å². The Labute approximate surface area is 147 Å². The maximum absolute atomic E-state index is 4.66. The molecular formula is C20H21N3S. The van der Waals surface area contributed by atoms with Gasteiger partial charge in [-0.2, -0.15) is 5.10 Å². The zero-order valence-electron chi connectivity index (χ0n) is 13.6. The molecular weight excluding hydrogens is 314 g/mol. The lowest BCUT2D eigenvalue weighted by Gasteiger charge is -2.32. The Kier molecular flexibility index (Phi) is 4.65. The maximum atomic E-state index is 4.66. The number of benzene rings is 2. The molecule has 2 heterocycles. The first-order valence-corrected chi connectivity index (χ1v) is 9.47. The van der Waals surface area contributed by atoms with E-state index in [1.54, 1.807) is 0 Å². The average Bonchev–Trinajstić information content (AvgIpc) is 2.69. The smallest absolute Gasteiger partial charge is 0.186 e. The summed E-state index contributed by atoms with van der Waals surface area (Å²) in [7, 11) is 0. The summed E-state index contributed by atoms with van der Waals surface area (Å²) in [5.74, 6) is 0. The molecule has 24 heavy (non-hydrogen) atoms. The first-order chi connectivity index (χ1) is 11.9. The van der Waals surface area contributed by atoms with Crippen LogP contribution in [0.2, 0.25) is 0 Å². The lowest BCUT2D eigenvalue weighted by molar-refractivity contribution is 0.347. The number of thioether (sulfide) groups is 1. The lowest BCUT2D eigenvalue weighted by atomic mass is 10.0. The largest absolute Gasteiger partial charge is 0.350 e. The van der Waals surface area contributed by atoms with Gasteiger partial charge in [0.05, 0.1) is 11.0 Å². The van der Waals surface area contributed by atoms with Crippen LogP contribution in [0.4, 0.5) is 0 Å². The summed E-state index contributed by atoms with van der Waals surface area (Å²) in [6, 6.07) is 21.1. The predicted octanol–water partition coefficient (Wildman–Crippen LogP) is 4.72. The molecule has 2 aliphatic heterocycles. The Morgan fingerprint density at radius 2 is 1.46 bits per heavy atom. The second-order valence-electron chi connectivity index (χ2n) is 6.19. The van der Waals surface area contributed by atoms with Crippen molar-refractivity contribution in [2.45, 2.75) is 24.5 Å². The van der Waals surface area contributed by atoms with E-state index in [-0.39, 0.29) is 5.25 Å². The number of hydrogen-bond acceptors (Lipinski definition) is 4. The van der Waals surface area contributed by atoms with Crippen molar-refractivity contribution in [2.24, 2.45) is 10.2 Å². The summed E-state index contributed by atoms with van der Waals surface area (Å²) >= 11 is 1.84. The first-order valence-electron chi connectivity index (χ1n) is 8.59. The summed E-state index contributed by atoms with van der Waals surface area (Å²) in [6.45, 7) is 2.20. The molecule has 1 saturated heterocycles. The van der Waals surface area contributed by atoms with Crippen molar-refractivity contribution in [2.75, 3.05) is 13.1 Å². The van der Waals surface area contributed by atoms with Crippen molar-refractivity contribution < 1.29 is 0 Å². The molecule has 0 N–H and O–H groups in total. The summed E-state index contributed by atoms with van der Waals surface area (Å²) < 4.78 is 0. The molecule has 0 aromatic heterocycles. The fraction of sp³-hybridized carbons (Fsp3) is 0.300. The second kappa shape index (κ2) is 7.22. The number of hydrogen-bond donors (Lipinski definition) is 0. The highest BCUT2D eigenvalue weighted by molar-refractivity contribution is 8.14. The van der Waals surface area contributed by atoms with E-state index in [2.05, 4.69) is 69.7 Å². The van der Waals surface area contributed by atoms with Crippen LogP contribution < -0.4 is 0 Å². The van der Waals surface area contributed by atoms with Crippen molar-refractivity contribution >= 4 is 22.6 Å². The molecule has 3 nitrogen and oxygen atoms in total. The van der Waals surface area contributed by atoms with Gasteiger partial charge < -0.3 is 4.90 Å². The Morgan fingerprint density at radius 3 is 2.17 bits per heavy atom. The minimum absolute atomic E-state index is 0.197. The zero-order valence-corrected chi connectivity index (χ0v) is 14.5. The van der Waals surface area contributed by atoms with Crippen LogP contribution >= 0.6 is 11.8 Å². The van der Waals surface area contributed by atoms with E-state index >= 15 is 0 Å². The van der Waals surface area contributed by atoms with Crippen LogP contribution in [-0.2, 0) is 0 Å². The van der Waals surface area contributed by atoms with Crippen LogP contribution in [0.3, 0.4) is 0 Å². The molecule has 2 aliphatic rings. The molecule has 0 amide bonds. The monoisotopic (exact) mass is 335 g/mol. The Morgan fingerprint density at radius 1 is 0.792 bits per heavy atom. The fourth-order valence-electron chi connectivity index (χ4n) is 3.23. The molecule has 122 valence electrons. The molecule has 4 heteroatoms. The number of amidine groups is 1. The molecule has 4 rings (SSSR count). The highest BCUT2D eigenvalue weighted by Crippen LogP contribution is 2.38. The van der Waals surface area contributed by atoms with Crippen molar-refractivity contribution in [3.8, 4) is 0 Å². The minimum atomic E-state index is 0.197. The molecule has 1 unspecified atom stereocenters. The third kappa shape index (κ3) is 3.24. The van der Waals surface area contributed by atoms with Crippen molar-refractivity contribution in [3.63, 3.8) is 0 Å². The molecule has 1 atom stereocenters. The minimum Gasteiger partial charge on any atom is -0.350 e. The molecule has 0 bridgehead atoms. The standard InChI is InChI=1S/C20H21N3S/c1-4-10-16(11-5-1)18-19(17-12-6-2-7-13-17)24-20(22-21-18)23-14-8-3-9-15-23/h1-2,4-7,10-13,19H,3,8-9,14-15H2. The highest BCUT2D eigenvalue weighted by Gasteiger charge is 2.29. The molecule has 0 radical (unpaired) electrons. The number of likely N-dealkylation sites (tertiary alicyclic amines) is 1. The van der Waals surface area contributed by atoms with E-state index in [0.717, 1.165) is 29.5 Å². The van der Waals surface area contributed by atoms with Crippen LogP contribution in [0.25, 0.3) is 0 Å². The van der Waals surface area contributed by atoms with E-state index in [4.69, 9.17) is 0 Å². The molecule has 0 aliphatic carbocycles. The summed E-state index contributed by atoms with van der Waals surface area (Å²) in [6.07, 6.45) is 3.84. The van der Waals surface area contributed by atoms with E-state index in [9.17, 15) is 0 Å². The molecule has 2 aromatic carbocycles. The van der Waals surface area contributed by atoms with Gasteiger partial charge in [-0.15, -0.1) is 5.10 Å². The average molecular weight is 335 g/mol. The van der Waals surface area contributed by atoms with Gasteiger partial charge in [0.25, 0.3) is 0 Å². The third-order valence-electron chi connectivity index (χ3n) is 4.51. The van der Waals surface area contributed by atoms with E-state index in [1.807, 2.05) is 17.8 Å². The van der Waals surface area contributed by atoms with Crippen LogP contribution in [0.1, 0.15) is 35.6 Å². The molecule has 0 saturated carbocycles. The van der Waals surface area contributed by atoms with Crippen LogP contribution in [0, 0.1) is 0 Å². The lowest BCUT2D eigenvalue weighted by Crippen LogP contribution is -2.36. The van der Waals surface area contributed by atoms with Crippen molar-refractivity contribution in [1.82, 2.24) is 4.90 Å². The van der Waals surface area contributed by atoms with E-state index in [1.165, 1.54) is 24.8 Å². The second-order valence-corrected chi connectivity index (χ2v) is 7.26. The van der Waals surface area contributed by atoms with Crippen molar-refractivity contribution in [3.05, 3.63) is 71.8 Å². The molecule has 1 fully saturated rings. The number of piperidine rings is 1. The highest BCUT2D eigenvalue weighted by atomic mass is 32.2. The summed E-state index contributed by atoms with van der Waals surface area (Å²) in [5.41, 5.74) is 3.49. The van der Waals surface area contributed by atoms with Gasteiger partial charge in [-0.1, -0.05) is 72.4 Å². The topological polar surface area (TPSA) is 28.0 Å². The summed E-state index contributed by atoms with van der Waals surface area (Å²) in [4.78, 5) is 2.40. The van der Waals surface area contributed by atoms with Gasteiger partial charge in [0, 0.05) is 13.1 Å². The van der Waals surface area contributed by atoms with Gasteiger partial charge >= 0.3 is 0 Å². The van der Waals surface area contributed by atoms with E-state index in [0.29, 0.717) is 0 Å². The van der Waals surface area contributed by atoms with Crippen LogP contribution in [0.5, 0.6) is 0 Å². The predicted molar refractivity (Wildman–Crippen MR) is 103 cm³/mol. The fourth-order valence-corrected chi connectivity index (χ4v) is 4.45. The molecule has 0 spiro atoms. The number of nitrogens with zero attached hydrogens (tertiary/aromatic N) is 3. The van der Waals surface area contributed by atoms with Gasteiger partial charge in [-0.05, 0) is 30.4 Å². The normalized spacial score (nSPS) is 21.2. The zero-order chi connectivity index (χ0) is 16.2. The quantitative estimate of drug-likeness (QED) is 0.794. The molecule has 2 aromatic rings. The Bertz CT molecular complexity index is 734. The van der Waals surface area contributed by atoms with Gasteiger partial charge in [-0.3, -0.25) is 0 Å². The van der Waals surface area contributed by atoms with E-state index < -0.39 is 0 Å². The van der Waals surface area contributed by atoms with Gasteiger partial charge in [0.15, 0.2) is 5.17 Å². The maximum Gasteiger partial charge on any atom is 0.186 e.